The average molecular weight is 472 g/mol. The van der Waals surface area contributed by atoms with Crippen LogP contribution in [-0.2, 0) is 6.42 Å². The van der Waals surface area contributed by atoms with Crippen molar-refractivity contribution in [1.29, 1.82) is 0 Å². The number of methoxy groups -OCH3 is 3. The van der Waals surface area contributed by atoms with E-state index < -0.39 is 0 Å². The topological polar surface area (TPSA) is 75.8 Å². The highest BCUT2D eigenvalue weighted by atomic mass is 16.5. The third-order valence-electron chi connectivity index (χ3n) is 6.64. The Labute approximate surface area is 204 Å². The van der Waals surface area contributed by atoms with Crippen LogP contribution in [0.2, 0.25) is 0 Å². The number of hydrogen-bond acceptors (Lipinski definition) is 4. The molecule has 0 bridgehead atoms. The summed E-state index contributed by atoms with van der Waals surface area (Å²) in [5, 5.41) is 4.18. The number of carbonyl (C=O) groups is 1. The van der Waals surface area contributed by atoms with Crippen LogP contribution in [0.1, 0.15) is 28.4 Å². The molecule has 1 aliphatic rings. The number of anilines is 1. The Bertz CT molecular complexity index is 1380. The van der Waals surface area contributed by atoms with E-state index in [1.54, 1.807) is 39.5 Å². The number of rotatable bonds is 5. The van der Waals surface area contributed by atoms with Gasteiger partial charge in [-0.1, -0.05) is 29.8 Å². The largest absolute Gasteiger partial charge is 0.497 e. The van der Waals surface area contributed by atoms with Crippen molar-refractivity contribution in [3.8, 4) is 17.2 Å². The zero-order valence-electron chi connectivity index (χ0n) is 20.3. The molecule has 2 N–H and O–H groups in total. The smallest absolute Gasteiger partial charge is 0.322 e. The maximum atomic E-state index is 13.7. The van der Waals surface area contributed by atoms with Crippen LogP contribution >= 0.6 is 0 Å². The number of fused-ring (bicyclic) bond motifs is 3. The van der Waals surface area contributed by atoms with Crippen molar-refractivity contribution in [2.75, 3.05) is 33.2 Å². The summed E-state index contributed by atoms with van der Waals surface area (Å²) in [5.41, 5.74) is 6.05. The maximum Gasteiger partial charge on any atom is 0.322 e. The van der Waals surface area contributed by atoms with Crippen LogP contribution in [0.4, 0.5) is 10.5 Å². The minimum atomic E-state index is -0.269. The Balaban J connectivity index is 1.57. The van der Waals surface area contributed by atoms with Crippen LogP contribution < -0.4 is 19.5 Å². The normalized spacial score (nSPS) is 15.0. The predicted molar refractivity (Wildman–Crippen MR) is 137 cm³/mol. The number of amides is 2. The quantitative estimate of drug-likeness (QED) is 0.393. The fraction of sp³-hybridized carbons (Fsp3) is 0.250. The first-order valence-electron chi connectivity index (χ1n) is 11.6. The van der Waals surface area contributed by atoms with Gasteiger partial charge in [-0.15, -0.1) is 0 Å². The molecule has 7 nitrogen and oxygen atoms in total. The van der Waals surface area contributed by atoms with Crippen molar-refractivity contribution in [3.63, 3.8) is 0 Å². The molecule has 1 aliphatic heterocycles. The van der Waals surface area contributed by atoms with Gasteiger partial charge in [0.2, 0.25) is 0 Å². The van der Waals surface area contributed by atoms with E-state index in [1.807, 2.05) is 17.0 Å². The lowest BCUT2D eigenvalue weighted by Gasteiger charge is -2.36. The molecule has 0 saturated carbocycles. The minimum absolute atomic E-state index is 0.205. The highest BCUT2D eigenvalue weighted by Crippen LogP contribution is 2.40. The molecular weight excluding hydrogens is 442 g/mol. The molecule has 0 saturated heterocycles. The number of aromatic nitrogens is 1. The zero-order valence-corrected chi connectivity index (χ0v) is 20.3. The molecule has 0 spiro atoms. The summed E-state index contributed by atoms with van der Waals surface area (Å²) < 4.78 is 16.3. The zero-order chi connectivity index (χ0) is 24.5. The van der Waals surface area contributed by atoms with E-state index in [2.05, 4.69) is 47.6 Å². The third-order valence-corrected chi connectivity index (χ3v) is 6.64. The fourth-order valence-electron chi connectivity index (χ4n) is 4.81. The summed E-state index contributed by atoms with van der Waals surface area (Å²) >= 11 is 0. The molecule has 4 aromatic rings. The van der Waals surface area contributed by atoms with E-state index in [-0.39, 0.29) is 12.1 Å². The summed E-state index contributed by atoms with van der Waals surface area (Å²) in [4.78, 5) is 19.2. The van der Waals surface area contributed by atoms with Crippen LogP contribution in [0.15, 0.2) is 60.7 Å². The molecule has 1 unspecified atom stereocenters. The van der Waals surface area contributed by atoms with Gasteiger partial charge in [0.25, 0.3) is 0 Å². The first kappa shape index (κ1) is 22.7. The Morgan fingerprint density at radius 1 is 0.943 bits per heavy atom. The Kier molecular flexibility index (Phi) is 5.99. The summed E-state index contributed by atoms with van der Waals surface area (Å²) in [5.74, 6) is 2.03. The van der Waals surface area contributed by atoms with Crippen LogP contribution in [0.5, 0.6) is 17.2 Å². The van der Waals surface area contributed by atoms with E-state index in [0.29, 0.717) is 23.7 Å². The molecule has 0 radical (unpaired) electrons. The summed E-state index contributed by atoms with van der Waals surface area (Å²) in [6.07, 6.45) is 0.730. The van der Waals surface area contributed by atoms with E-state index in [0.717, 1.165) is 34.3 Å². The van der Waals surface area contributed by atoms with Crippen molar-refractivity contribution in [1.82, 2.24) is 9.88 Å². The first-order chi connectivity index (χ1) is 17.0. The molecule has 2 amide bonds. The van der Waals surface area contributed by atoms with Crippen LogP contribution in [-0.4, -0.2) is 43.8 Å². The monoisotopic (exact) mass is 471 g/mol. The lowest BCUT2D eigenvalue weighted by atomic mass is 9.92. The van der Waals surface area contributed by atoms with E-state index >= 15 is 0 Å². The van der Waals surface area contributed by atoms with Gasteiger partial charge in [-0.2, -0.15) is 0 Å². The van der Waals surface area contributed by atoms with Gasteiger partial charge in [-0.3, -0.25) is 0 Å². The SMILES string of the molecule is COc1ccc(OC)c(NC(=O)N2CCc3c([nH]c4ccc(OC)cc34)C2c2ccc(C)cc2)c1. The number of aromatic amines is 1. The van der Waals surface area contributed by atoms with Gasteiger partial charge in [0, 0.05) is 29.2 Å². The Hall–Kier alpha value is -4.13. The van der Waals surface area contributed by atoms with Crippen LogP contribution in [0.25, 0.3) is 10.9 Å². The molecule has 2 heterocycles. The number of urea groups is 1. The second kappa shape index (κ2) is 9.25. The van der Waals surface area contributed by atoms with Gasteiger partial charge < -0.3 is 29.4 Å². The number of aryl methyl sites for hydroxylation is 1. The van der Waals surface area contributed by atoms with Crippen molar-refractivity contribution in [3.05, 3.63) is 83.0 Å². The molecule has 1 aromatic heterocycles. The van der Waals surface area contributed by atoms with Gasteiger partial charge in [0.05, 0.1) is 33.1 Å². The van der Waals surface area contributed by atoms with Gasteiger partial charge in [-0.05, 0) is 54.8 Å². The molecule has 0 aliphatic carbocycles. The van der Waals surface area contributed by atoms with Gasteiger partial charge >= 0.3 is 6.03 Å². The second-order valence-electron chi connectivity index (χ2n) is 8.68. The molecule has 0 fully saturated rings. The number of benzene rings is 3. The standard InChI is InChI=1S/C28H29N3O4/c1-17-5-7-18(8-6-17)27-26-21(22-15-19(33-2)9-11-23(22)29-26)13-14-31(27)28(32)30-24-16-20(34-3)10-12-25(24)35-4/h5-12,15-16,27,29H,13-14H2,1-4H3,(H,30,32). The lowest BCUT2D eigenvalue weighted by molar-refractivity contribution is 0.193. The van der Waals surface area contributed by atoms with E-state index in [9.17, 15) is 4.79 Å². The van der Waals surface area contributed by atoms with Crippen molar-refractivity contribution in [2.24, 2.45) is 0 Å². The van der Waals surface area contributed by atoms with Crippen LogP contribution in [0, 0.1) is 6.92 Å². The number of nitrogens with zero attached hydrogens (tertiary/aromatic N) is 1. The molecule has 5 rings (SSSR count). The Morgan fingerprint density at radius 3 is 2.37 bits per heavy atom. The van der Waals surface area contributed by atoms with E-state index in [4.69, 9.17) is 14.2 Å². The number of H-pyrrole nitrogens is 1. The summed E-state index contributed by atoms with van der Waals surface area (Å²) in [7, 11) is 4.85. The van der Waals surface area contributed by atoms with Gasteiger partial charge in [0.1, 0.15) is 17.2 Å². The summed E-state index contributed by atoms with van der Waals surface area (Å²) in [6, 6.07) is 19.3. The van der Waals surface area contributed by atoms with Gasteiger partial charge in [0.15, 0.2) is 0 Å². The molecule has 180 valence electrons. The third kappa shape index (κ3) is 4.14. The number of hydrogen-bond donors (Lipinski definition) is 2. The average Bonchev–Trinajstić information content (AvgIpc) is 3.26. The number of carbonyl (C=O) groups excluding carboxylic acids is 1. The number of nitrogens with one attached hydrogen (secondary N) is 2. The Morgan fingerprint density at radius 2 is 1.66 bits per heavy atom. The maximum absolute atomic E-state index is 13.7. The molecular formula is C28H29N3O4. The highest BCUT2D eigenvalue weighted by Gasteiger charge is 2.35. The van der Waals surface area contributed by atoms with Crippen molar-refractivity contribution >= 4 is 22.6 Å². The molecule has 3 aromatic carbocycles. The predicted octanol–water partition coefficient (Wildman–Crippen LogP) is 5.68. The van der Waals surface area contributed by atoms with Crippen molar-refractivity contribution in [2.45, 2.75) is 19.4 Å². The van der Waals surface area contributed by atoms with Crippen molar-refractivity contribution < 1.29 is 19.0 Å². The lowest BCUT2D eigenvalue weighted by Crippen LogP contribution is -2.43. The minimum Gasteiger partial charge on any atom is -0.497 e. The van der Waals surface area contributed by atoms with E-state index in [1.165, 1.54) is 11.1 Å². The summed E-state index contributed by atoms with van der Waals surface area (Å²) in [6.45, 7) is 2.62. The first-order valence-corrected chi connectivity index (χ1v) is 11.6. The molecule has 35 heavy (non-hydrogen) atoms. The highest BCUT2D eigenvalue weighted by molar-refractivity contribution is 5.93. The molecule has 1 atom stereocenters. The molecule has 7 heteroatoms. The second-order valence-corrected chi connectivity index (χ2v) is 8.68. The van der Waals surface area contributed by atoms with Gasteiger partial charge in [-0.25, -0.2) is 4.79 Å². The van der Waals surface area contributed by atoms with Crippen LogP contribution in [0.3, 0.4) is 0 Å². The number of ether oxygens (including phenoxy) is 3. The fourth-order valence-corrected chi connectivity index (χ4v) is 4.81.